The number of nitrogen functional groups attached to an aromatic ring is 1. The zero-order valence-electron chi connectivity index (χ0n) is 16.5. The Hall–Kier alpha value is -2.49. The normalized spacial score (nSPS) is 11.3. The summed E-state index contributed by atoms with van der Waals surface area (Å²) in [5.41, 5.74) is 10.1. The Balaban J connectivity index is 1.88. The monoisotopic (exact) mass is 354 g/mol. The molecule has 0 atom stereocenters. The number of hydrogen-bond acceptors (Lipinski definition) is 3. The number of ether oxygens (including phenoxy) is 1. The van der Waals surface area contributed by atoms with Crippen LogP contribution < -0.4 is 15.8 Å². The molecule has 0 fully saturated rings. The summed E-state index contributed by atoms with van der Waals surface area (Å²) in [5, 5.41) is 3.01. The molecule has 0 saturated carbocycles. The van der Waals surface area contributed by atoms with Crippen LogP contribution in [0.1, 0.15) is 43.4 Å². The maximum absolute atomic E-state index is 12.7. The zero-order chi connectivity index (χ0) is 19.3. The number of aryl methyl sites for hydroxylation is 2. The van der Waals surface area contributed by atoms with Crippen LogP contribution in [0.2, 0.25) is 0 Å². The fourth-order valence-corrected chi connectivity index (χ4v) is 2.75. The molecule has 0 heterocycles. The summed E-state index contributed by atoms with van der Waals surface area (Å²) >= 11 is 0. The molecule has 1 amide bonds. The molecular weight excluding hydrogens is 324 g/mol. The van der Waals surface area contributed by atoms with Crippen LogP contribution >= 0.6 is 0 Å². The maximum Gasteiger partial charge on any atom is 0.230 e. The van der Waals surface area contributed by atoms with Gasteiger partial charge in [0, 0.05) is 16.8 Å². The minimum atomic E-state index is -0.484. The van der Waals surface area contributed by atoms with Gasteiger partial charge in [-0.3, -0.25) is 4.79 Å². The Morgan fingerprint density at radius 1 is 1.15 bits per heavy atom. The van der Waals surface area contributed by atoms with E-state index in [9.17, 15) is 4.79 Å². The van der Waals surface area contributed by atoms with Crippen LogP contribution in [0.4, 0.5) is 11.4 Å². The molecular formula is C22H30N2O2. The first kappa shape index (κ1) is 19.8. The van der Waals surface area contributed by atoms with Crippen molar-refractivity contribution in [3.05, 3.63) is 53.1 Å². The SMILES string of the molecule is Cc1ccc(C)c(OCCCC(C)(C)C(=O)Nc2cccc(N)c2C)c1. The van der Waals surface area contributed by atoms with Crippen molar-refractivity contribution in [3.63, 3.8) is 0 Å². The Labute approximate surface area is 156 Å². The molecule has 2 aromatic rings. The van der Waals surface area contributed by atoms with Crippen molar-refractivity contribution in [2.24, 2.45) is 5.41 Å². The summed E-state index contributed by atoms with van der Waals surface area (Å²) in [6.07, 6.45) is 1.55. The van der Waals surface area contributed by atoms with Gasteiger partial charge in [0.2, 0.25) is 5.91 Å². The number of nitrogens with one attached hydrogen (secondary N) is 1. The van der Waals surface area contributed by atoms with Crippen LogP contribution in [-0.4, -0.2) is 12.5 Å². The van der Waals surface area contributed by atoms with E-state index in [-0.39, 0.29) is 5.91 Å². The molecule has 0 radical (unpaired) electrons. The van der Waals surface area contributed by atoms with Gasteiger partial charge in [0.1, 0.15) is 5.75 Å². The number of benzene rings is 2. The summed E-state index contributed by atoms with van der Waals surface area (Å²) in [5.74, 6) is 0.917. The Kier molecular flexibility index (Phi) is 6.30. The third-order valence-electron chi connectivity index (χ3n) is 4.79. The van der Waals surface area contributed by atoms with Crippen molar-refractivity contribution < 1.29 is 9.53 Å². The van der Waals surface area contributed by atoms with Crippen molar-refractivity contribution in [3.8, 4) is 5.75 Å². The first-order valence-corrected chi connectivity index (χ1v) is 9.07. The van der Waals surface area contributed by atoms with Gasteiger partial charge in [0.05, 0.1) is 6.61 Å². The second-order valence-electron chi connectivity index (χ2n) is 7.58. The number of amides is 1. The second-order valence-corrected chi connectivity index (χ2v) is 7.58. The number of hydrogen-bond donors (Lipinski definition) is 2. The molecule has 0 unspecified atom stereocenters. The molecule has 2 rings (SSSR count). The maximum atomic E-state index is 12.7. The average Bonchev–Trinajstić information content (AvgIpc) is 2.58. The van der Waals surface area contributed by atoms with E-state index in [1.54, 1.807) is 0 Å². The van der Waals surface area contributed by atoms with Gasteiger partial charge >= 0.3 is 0 Å². The minimum Gasteiger partial charge on any atom is -0.493 e. The number of rotatable bonds is 7. The molecule has 4 heteroatoms. The van der Waals surface area contributed by atoms with Crippen LogP contribution in [0.3, 0.4) is 0 Å². The third kappa shape index (κ3) is 5.01. The topological polar surface area (TPSA) is 64.3 Å². The molecule has 0 saturated heterocycles. The predicted molar refractivity (Wildman–Crippen MR) is 109 cm³/mol. The molecule has 0 aromatic heterocycles. The van der Waals surface area contributed by atoms with Gasteiger partial charge in [-0.25, -0.2) is 0 Å². The van der Waals surface area contributed by atoms with Crippen LogP contribution in [0.15, 0.2) is 36.4 Å². The lowest BCUT2D eigenvalue weighted by Gasteiger charge is -2.24. The molecule has 0 aliphatic rings. The molecule has 2 aromatic carbocycles. The molecule has 0 bridgehead atoms. The van der Waals surface area contributed by atoms with Crippen molar-refractivity contribution in [2.75, 3.05) is 17.7 Å². The lowest BCUT2D eigenvalue weighted by Crippen LogP contribution is -2.31. The highest BCUT2D eigenvalue weighted by molar-refractivity contribution is 5.96. The number of nitrogens with two attached hydrogens (primary N) is 1. The highest BCUT2D eigenvalue weighted by Gasteiger charge is 2.27. The number of anilines is 2. The summed E-state index contributed by atoms with van der Waals surface area (Å²) in [4.78, 5) is 12.7. The van der Waals surface area contributed by atoms with Gasteiger partial charge in [-0.15, -0.1) is 0 Å². The molecule has 26 heavy (non-hydrogen) atoms. The Morgan fingerprint density at radius 3 is 2.62 bits per heavy atom. The first-order chi connectivity index (χ1) is 12.2. The van der Waals surface area contributed by atoms with Crippen LogP contribution in [-0.2, 0) is 4.79 Å². The van der Waals surface area contributed by atoms with Crippen molar-refractivity contribution in [1.82, 2.24) is 0 Å². The predicted octanol–water partition coefficient (Wildman–Crippen LogP) is 5.02. The third-order valence-corrected chi connectivity index (χ3v) is 4.79. The fraction of sp³-hybridized carbons (Fsp3) is 0.409. The molecule has 0 aliphatic heterocycles. The van der Waals surface area contributed by atoms with E-state index in [1.165, 1.54) is 5.56 Å². The molecule has 0 spiro atoms. The van der Waals surface area contributed by atoms with E-state index in [1.807, 2.05) is 45.9 Å². The van der Waals surface area contributed by atoms with Gasteiger partial charge in [0.15, 0.2) is 0 Å². The highest BCUT2D eigenvalue weighted by atomic mass is 16.5. The summed E-state index contributed by atoms with van der Waals surface area (Å²) < 4.78 is 5.90. The van der Waals surface area contributed by atoms with Gasteiger partial charge in [-0.05, 0) is 68.5 Å². The Morgan fingerprint density at radius 2 is 1.88 bits per heavy atom. The smallest absolute Gasteiger partial charge is 0.230 e. The first-order valence-electron chi connectivity index (χ1n) is 9.07. The van der Waals surface area contributed by atoms with Gasteiger partial charge in [0.25, 0.3) is 0 Å². The zero-order valence-corrected chi connectivity index (χ0v) is 16.5. The lowest BCUT2D eigenvalue weighted by molar-refractivity contribution is -0.124. The largest absolute Gasteiger partial charge is 0.493 e. The van der Waals surface area contributed by atoms with Crippen LogP contribution in [0.25, 0.3) is 0 Å². The molecule has 0 aliphatic carbocycles. The standard InChI is InChI=1S/C22H30N2O2/c1-15-10-11-16(2)20(14-15)26-13-7-12-22(4,5)21(25)24-19-9-6-8-18(23)17(19)3/h6,8-11,14H,7,12-13,23H2,1-5H3,(H,24,25). The molecule has 140 valence electrons. The van der Waals surface area contributed by atoms with Crippen LogP contribution in [0, 0.1) is 26.2 Å². The fourth-order valence-electron chi connectivity index (χ4n) is 2.75. The van der Waals surface area contributed by atoms with E-state index in [0.717, 1.165) is 35.4 Å². The van der Waals surface area contributed by atoms with Gasteiger partial charge < -0.3 is 15.8 Å². The van der Waals surface area contributed by atoms with E-state index in [0.29, 0.717) is 12.3 Å². The van der Waals surface area contributed by atoms with E-state index in [2.05, 4.69) is 30.4 Å². The van der Waals surface area contributed by atoms with E-state index < -0.39 is 5.41 Å². The Bertz CT molecular complexity index is 782. The van der Waals surface area contributed by atoms with Gasteiger partial charge in [-0.2, -0.15) is 0 Å². The van der Waals surface area contributed by atoms with Crippen LogP contribution in [0.5, 0.6) is 5.75 Å². The van der Waals surface area contributed by atoms with Crippen molar-refractivity contribution in [1.29, 1.82) is 0 Å². The average molecular weight is 354 g/mol. The van der Waals surface area contributed by atoms with Gasteiger partial charge in [-0.1, -0.05) is 32.0 Å². The van der Waals surface area contributed by atoms with Crippen molar-refractivity contribution in [2.45, 2.75) is 47.5 Å². The van der Waals surface area contributed by atoms with E-state index >= 15 is 0 Å². The van der Waals surface area contributed by atoms with Crippen molar-refractivity contribution >= 4 is 17.3 Å². The summed E-state index contributed by atoms with van der Waals surface area (Å²) in [6.45, 7) is 10.5. The molecule has 4 nitrogen and oxygen atoms in total. The van der Waals surface area contributed by atoms with E-state index in [4.69, 9.17) is 10.5 Å². The lowest BCUT2D eigenvalue weighted by atomic mass is 9.86. The summed E-state index contributed by atoms with van der Waals surface area (Å²) in [7, 11) is 0. The quantitative estimate of drug-likeness (QED) is 0.542. The summed E-state index contributed by atoms with van der Waals surface area (Å²) in [6, 6.07) is 11.8. The second kappa shape index (κ2) is 8.26. The number of carbonyl (C=O) groups excluding carboxylic acids is 1. The molecule has 3 N–H and O–H groups in total. The highest BCUT2D eigenvalue weighted by Crippen LogP contribution is 2.28. The number of carbonyl (C=O) groups is 1. The minimum absolute atomic E-state index is 0.00191.